The molecule has 0 radical (unpaired) electrons. The van der Waals surface area contributed by atoms with Gasteiger partial charge in [0.2, 0.25) is 0 Å². The van der Waals surface area contributed by atoms with Gasteiger partial charge >= 0.3 is 11.9 Å². The molecule has 6 N–H and O–H groups in total. The third kappa shape index (κ3) is 6.00. The molecule has 6 heteroatoms. The lowest BCUT2D eigenvalue weighted by Crippen LogP contribution is -2.28. The van der Waals surface area contributed by atoms with Crippen molar-refractivity contribution in [2.45, 2.75) is 38.5 Å². The maximum atomic E-state index is 12.1. The van der Waals surface area contributed by atoms with Crippen molar-refractivity contribution in [3.05, 3.63) is 29.8 Å². The van der Waals surface area contributed by atoms with Crippen molar-refractivity contribution in [1.82, 2.24) is 6.15 Å². The van der Waals surface area contributed by atoms with Crippen LogP contribution >= 0.6 is 0 Å². The topological polar surface area (TPSA) is 125 Å². The first-order valence-corrected chi connectivity index (χ1v) is 7.81. The SMILES string of the molecule is N.NC[C@H]1CC[C@H](C(=O)Oc2ccc(CCC(=O)O)cc2)CC1. The van der Waals surface area contributed by atoms with Crippen molar-refractivity contribution in [2.24, 2.45) is 17.6 Å². The number of hydrogen-bond donors (Lipinski definition) is 3. The predicted molar refractivity (Wildman–Crippen MR) is 87.6 cm³/mol. The van der Waals surface area contributed by atoms with Crippen LogP contribution < -0.4 is 16.6 Å². The average Bonchev–Trinajstić information content (AvgIpc) is 2.54. The van der Waals surface area contributed by atoms with E-state index in [-0.39, 0.29) is 24.5 Å². The van der Waals surface area contributed by atoms with Crippen molar-refractivity contribution in [3.8, 4) is 5.75 Å². The van der Waals surface area contributed by atoms with Crippen LogP contribution in [-0.2, 0) is 16.0 Å². The molecule has 1 aromatic carbocycles. The molecule has 1 aliphatic rings. The lowest BCUT2D eigenvalue weighted by molar-refractivity contribution is -0.140. The second kappa shape index (κ2) is 9.27. The van der Waals surface area contributed by atoms with Crippen molar-refractivity contribution in [1.29, 1.82) is 0 Å². The summed E-state index contributed by atoms with van der Waals surface area (Å²) in [4.78, 5) is 22.7. The average molecular weight is 322 g/mol. The Kier molecular flexibility index (Phi) is 7.71. The molecule has 0 unspecified atom stereocenters. The Morgan fingerprint density at radius 1 is 1.13 bits per heavy atom. The van der Waals surface area contributed by atoms with E-state index in [0.29, 0.717) is 24.6 Å². The summed E-state index contributed by atoms with van der Waals surface area (Å²) in [5.74, 6) is 0.0365. The summed E-state index contributed by atoms with van der Waals surface area (Å²) in [6, 6.07) is 7.05. The molecular weight excluding hydrogens is 296 g/mol. The summed E-state index contributed by atoms with van der Waals surface area (Å²) in [5.41, 5.74) is 6.57. The van der Waals surface area contributed by atoms with Crippen LogP contribution in [0.5, 0.6) is 5.75 Å². The van der Waals surface area contributed by atoms with Crippen LogP contribution in [0.4, 0.5) is 0 Å². The van der Waals surface area contributed by atoms with Gasteiger partial charge in [0.25, 0.3) is 0 Å². The standard InChI is InChI=1S/C17H23NO4.H3N/c18-11-13-1-6-14(7-2-13)17(21)22-15-8-3-12(4-9-15)5-10-16(19)20;/h3-4,8-9,13-14H,1-2,5-7,10-11,18H2,(H,19,20);1H3/t13-,14-;. The second-order valence-electron chi connectivity index (χ2n) is 5.91. The molecule has 23 heavy (non-hydrogen) atoms. The van der Waals surface area contributed by atoms with E-state index in [2.05, 4.69) is 0 Å². The van der Waals surface area contributed by atoms with Gasteiger partial charge in [-0.05, 0) is 62.3 Å². The highest BCUT2D eigenvalue weighted by Gasteiger charge is 2.27. The van der Waals surface area contributed by atoms with Gasteiger partial charge in [0.15, 0.2) is 0 Å². The largest absolute Gasteiger partial charge is 0.481 e. The van der Waals surface area contributed by atoms with Crippen LogP contribution in [-0.4, -0.2) is 23.6 Å². The molecule has 0 saturated heterocycles. The fourth-order valence-electron chi connectivity index (χ4n) is 2.81. The van der Waals surface area contributed by atoms with Gasteiger partial charge in [0.05, 0.1) is 5.92 Å². The zero-order chi connectivity index (χ0) is 15.9. The number of aliphatic carboxylic acids is 1. The number of esters is 1. The number of rotatable bonds is 6. The first-order valence-electron chi connectivity index (χ1n) is 7.81. The second-order valence-corrected chi connectivity index (χ2v) is 5.91. The van der Waals surface area contributed by atoms with E-state index in [9.17, 15) is 9.59 Å². The number of carboxylic acid groups (broad SMARTS) is 1. The Labute approximate surface area is 136 Å². The van der Waals surface area contributed by atoms with Gasteiger partial charge in [-0.3, -0.25) is 9.59 Å². The Hall–Kier alpha value is -1.92. The molecule has 0 atom stereocenters. The number of benzene rings is 1. The highest BCUT2D eigenvalue weighted by molar-refractivity contribution is 5.75. The van der Waals surface area contributed by atoms with Crippen LogP contribution in [0.2, 0.25) is 0 Å². The van der Waals surface area contributed by atoms with Gasteiger partial charge in [-0.2, -0.15) is 0 Å². The molecule has 1 aliphatic carbocycles. The number of carbonyl (C=O) groups is 2. The highest BCUT2D eigenvalue weighted by Crippen LogP contribution is 2.29. The number of carbonyl (C=O) groups excluding carboxylic acids is 1. The number of carboxylic acids is 1. The quantitative estimate of drug-likeness (QED) is 0.546. The minimum absolute atomic E-state index is 0. The number of nitrogens with two attached hydrogens (primary N) is 1. The van der Waals surface area contributed by atoms with E-state index in [0.717, 1.165) is 31.2 Å². The van der Waals surface area contributed by atoms with Gasteiger partial charge in [-0.15, -0.1) is 0 Å². The number of aryl methyl sites for hydroxylation is 1. The molecule has 0 aliphatic heterocycles. The first kappa shape index (κ1) is 19.1. The third-order valence-electron chi connectivity index (χ3n) is 4.28. The summed E-state index contributed by atoms with van der Waals surface area (Å²) in [6.45, 7) is 0.694. The monoisotopic (exact) mass is 322 g/mol. The lowest BCUT2D eigenvalue weighted by Gasteiger charge is -2.26. The number of hydrogen-bond acceptors (Lipinski definition) is 5. The van der Waals surface area contributed by atoms with Crippen LogP contribution in [0.25, 0.3) is 0 Å². The van der Waals surface area contributed by atoms with Gasteiger partial charge in [-0.25, -0.2) is 0 Å². The third-order valence-corrected chi connectivity index (χ3v) is 4.28. The molecule has 1 aromatic rings. The van der Waals surface area contributed by atoms with Crippen LogP contribution in [0.15, 0.2) is 24.3 Å². The van der Waals surface area contributed by atoms with Crippen molar-refractivity contribution in [2.75, 3.05) is 6.54 Å². The van der Waals surface area contributed by atoms with E-state index in [4.69, 9.17) is 15.6 Å². The minimum atomic E-state index is -0.816. The molecule has 0 bridgehead atoms. The van der Waals surface area contributed by atoms with Crippen LogP contribution in [0, 0.1) is 11.8 Å². The van der Waals surface area contributed by atoms with E-state index < -0.39 is 5.97 Å². The maximum absolute atomic E-state index is 12.1. The summed E-state index contributed by atoms with van der Waals surface area (Å²) < 4.78 is 5.42. The summed E-state index contributed by atoms with van der Waals surface area (Å²) >= 11 is 0. The molecule has 6 nitrogen and oxygen atoms in total. The summed E-state index contributed by atoms with van der Waals surface area (Å²) in [7, 11) is 0. The van der Waals surface area contributed by atoms with Gasteiger partial charge in [0, 0.05) is 6.42 Å². The maximum Gasteiger partial charge on any atom is 0.314 e. The zero-order valence-electron chi connectivity index (χ0n) is 13.4. The van der Waals surface area contributed by atoms with Crippen molar-refractivity contribution >= 4 is 11.9 Å². The molecule has 1 saturated carbocycles. The molecule has 128 valence electrons. The lowest BCUT2D eigenvalue weighted by atomic mass is 9.82. The van der Waals surface area contributed by atoms with E-state index in [1.54, 1.807) is 24.3 Å². The fourth-order valence-corrected chi connectivity index (χ4v) is 2.81. The molecular formula is C17H26N2O4. The zero-order valence-corrected chi connectivity index (χ0v) is 13.4. The predicted octanol–water partition coefficient (Wildman–Crippen LogP) is 2.54. The normalized spacial score (nSPS) is 20.4. The minimum Gasteiger partial charge on any atom is -0.481 e. The van der Waals surface area contributed by atoms with E-state index in [1.807, 2.05) is 0 Å². The molecule has 2 rings (SSSR count). The molecule has 0 spiro atoms. The molecule has 0 aromatic heterocycles. The van der Waals surface area contributed by atoms with E-state index >= 15 is 0 Å². The summed E-state index contributed by atoms with van der Waals surface area (Å²) in [5, 5.41) is 8.65. The molecule has 0 heterocycles. The van der Waals surface area contributed by atoms with Gasteiger partial charge in [0.1, 0.15) is 5.75 Å². The Balaban J connectivity index is 0.00000264. The smallest absolute Gasteiger partial charge is 0.314 e. The molecule has 1 fully saturated rings. The fraction of sp³-hybridized carbons (Fsp3) is 0.529. The van der Waals surface area contributed by atoms with Gasteiger partial charge in [-0.1, -0.05) is 12.1 Å². The number of ether oxygens (including phenoxy) is 1. The van der Waals surface area contributed by atoms with Crippen LogP contribution in [0.3, 0.4) is 0 Å². The van der Waals surface area contributed by atoms with Crippen molar-refractivity contribution in [3.63, 3.8) is 0 Å². The summed E-state index contributed by atoms with van der Waals surface area (Å²) in [6.07, 6.45) is 4.25. The van der Waals surface area contributed by atoms with Gasteiger partial charge < -0.3 is 21.7 Å². The van der Waals surface area contributed by atoms with Crippen LogP contribution in [0.1, 0.15) is 37.7 Å². The van der Waals surface area contributed by atoms with E-state index in [1.165, 1.54) is 0 Å². The Morgan fingerprint density at radius 3 is 2.26 bits per heavy atom. The highest BCUT2D eigenvalue weighted by atomic mass is 16.5. The molecule has 0 amide bonds. The Morgan fingerprint density at radius 2 is 1.74 bits per heavy atom. The van der Waals surface area contributed by atoms with Crippen molar-refractivity contribution < 1.29 is 19.4 Å². The first-order chi connectivity index (χ1) is 10.6. The Bertz CT molecular complexity index is 508.